The van der Waals surface area contributed by atoms with Gasteiger partial charge >= 0.3 is 5.97 Å². The number of imidazole rings is 1. The molecule has 0 spiro atoms. The number of carboxylic acids is 1. The summed E-state index contributed by atoms with van der Waals surface area (Å²) in [6.07, 6.45) is 6.79. The third kappa shape index (κ3) is 5.18. The molecule has 1 unspecified atom stereocenters. The number of rotatable bonds is 7. The molecular weight excluding hydrogens is 272 g/mol. The second kappa shape index (κ2) is 7.78. The highest BCUT2D eigenvalue weighted by molar-refractivity contribution is 5.84. The van der Waals surface area contributed by atoms with Crippen LogP contribution in [0.5, 0.6) is 0 Å². The van der Waals surface area contributed by atoms with Crippen molar-refractivity contribution < 1.29 is 14.7 Å². The van der Waals surface area contributed by atoms with Crippen LogP contribution in [0.15, 0.2) is 12.5 Å². The predicted octanol–water partition coefficient (Wildman–Crippen LogP) is 0.477. The van der Waals surface area contributed by atoms with E-state index in [9.17, 15) is 9.59 Å². The standard InChI is InChI=1S/C14H22N4O3/c19-13(4-3-11-2-1-5-15-8-11)16-6-7-18-9-12(14(20)21)17-10-18/h9-11,15H,1-8H2,(H,16,19)(H,20,21). The number of aromatic nitrogens is 2. The van der Waals surface area contributed by atoms with E-state index in [-0.39, 0.29) is 11.6 Å². The molecule has 2 rings (SSSR count). The summed E-state index contributed by atoms with van der Waals surface area (Å²) in [7, 11) is 0. The molecule has 7 nitrogen and oxygen atoms in total. The molecule has 1 saturated heterocycles. The highest BCUT2D eigenvalue weighted by Crippen LogP contribution is 2.15. The van der Waals surface area contributed by atoms with E-state index in [0.717, 1.165) is 19.5 Å². The third-order valence-electron chi connectivity index (χ3n) is 3.72. The SMILES string of the molecule is O=C(CCC1CCCNC1)NCCn1cnc(C(=O)O)c1. The maximum atomic E-state index is 11.7. The van der Waals surface area contributed by atoms with Gasteiger partial charge in [0.05, 0.1) is 6.33 Å². The molecule has 1 atom stereocenters. The Balaban J connectivity index is 1.61. The summed E-state index contributed by atoms with van der Waals surface area (Å²) in [5.74, 6) is -0.380. The number of carbonyl (C=O) groups is 2. The van der Waals surface area contributed by atoms with E-state index in [1.54, 1.807) is 4.57 Å². The van der Waals surface area contributed by atoms with Gasteiger partial charge in [-0.15, -0.1) is 0 Å². The summed E-state index contributed by atoms with van der Waals surface area (Å²) in [4.78, 5) is 26.2. The Bertz CT molecular complexity index is 480. The number of hydrogen-bond donors (Lipinski definition) is 3. The lowest BCUT2D eigenvalue weighted by atomic mass is 9.94. The van der Waals surface area contributed by atoms with Crippen molar-refractivity contribution in [1.29, 1.82) is 0 Å². The van der Waals surface area contributed by atoms with Gasteiger partial charge in [-0.3, -0.25) is 4.79 Å². The fraction of sp³-hybridized carbons (Fsp3) is 0.643. The van der Waals surface area contributed by atoms with E-state index >= 15 is 0 Å². The molecule has 1 aliphatic rings. The van der Waals surface area contributed by atoms with Gasteiger partial charge in [0.2, 0.25) is 5.91 Å². The molecule has 3 N–H and O–H groups in total. The Morgan fingerprint density at radius 1 is 1.52 bits per heavy atom. The number of nitrogens with one attached hydrogen (secondary N) is 2. The Labute approximate surface area is 123 Å². The van der Waals surface area contributed by atoms with Crippen molar-refractivity contribution in [3.05, 3.63) is 18.2 Å². The van der Waals surface area contributed by atoms with E-state index in [4.69, 9.17) is 5.11 Å². The number of hydrogen-bond acceptors (Lipinski definition) is 4. The van der Waals surface area contributed by atoms with Gasteiger partial charge < -0.3 is 20.3 Å². The lowest BCUT2D eigenvalue weighted by molar-refractivity contribution is -0.121. The summed E-state index contributed by atoms with van der Waals surface area (Å²) in [5.41, 5.74) is 0.0196. The molecule has 7 heteroatoms. The summed E-state index contributed by atoms with van der Waals surface area (Å²) in [6.45, 7) is 3.11. The number of piperidine rings is 1. The molecule has 21 heavy (non-hydrogen) atoms. The zero-order valence-corrected chi connectivity index (χ0v) is 12.0. The summed E-state index contributed by atoms with van der Waals surface area (Å²) < 4.78 is 1.66. The summed E-state index contributed by atoms with van der Waals surface area (Å²) in [6, 6.07) is 0. The molecular formula is C14H22N4O3. The van der Waals surface area contributed by atoms with Crippen molar-refractivity contribution in [2.24, 2.45) is 5.92 Å². The van der Waals surface area contributed by atoms with Gasteiger partial charge in [-0.2, -0.15) is 0 Å². The third-order valence-corrected chi connectivity index (χ3v) is 3.72. The van der Waals surface area contributed by atoms with Crippen molar-refractivity contribution in [3.8, 4) is 0 Å². The van der Waals surface area contributed by atoms with Gasteiger partial charge in [-0.1, -0.05) is 0 Å². The minimum Gasteiger partial charge on any atom is -0.476 e. The van der Waals surface area contributed by atoms with Gasteiger partial charge in [0, 0.05) is 25.7 Å². The first-order chi connectivity index (χ1) is 10.1. The molecule has 116 valence electrons. The Morgan fingerprint density at radius 2 is 2.38 bits per heavy atom. The van der Waals surface area contributed by atoms with Crippen LogP contribution in [-0.4, -0.2) is 46.2 Å². The summed E-state index contributed by atoms with van der Waals surface area (Å²) in [5, 5.41) is 15.0. The first-order valence-corrected chi connectivity index (χ1v) is 7.37. The molecule has 1 aromatic rings. The van der Waals surface area contributed by atoms with E-state index < -0.39 is 5.97 Å². The minimum absolute atomic E-state index is 0.0196. The smallest absolute Gasteiger partial charge is 0.356 e. The molecule has 0 radical (unpaired) electrons. The van der Waals surface area contributed by atoms with Crippen LogP contribution in [0.4, 0.5) is 0 Å². The van der Waals surface area contributed by atoms with Crippen molar-refractivity contribution in [2.45, 2.75) is 32.2 Å². The maximum absolute atomic E-state index is 11.7. The molecule has 0 aliphatic carbocycles. The number of carboxylic acid groups (broad SMARTS) is 1. The second-order valence-corrected chi connectivity index (χ2v) is 5.40. The van der Waals surface area contributed by atoms with Gasteiger partial charge in [0.1, 0.15) is 0 Å². The lowest BCUT2D eigenvalue weighted by Crippen LogP contribution is -2.32. The van der Waals surface area contributed by atoms with E-state index in [2.05, 4.69) is 15.6 Å². The number of carbonyl (C=O) groups excluding carboxylic acids is 1. The first kappa shape index (κ1) is 15.5. The Hall–Kier alpha value is -1.89. The number of aromatic carboxylic acids is 1. The molecule has 1 fully saturated rings. The molecule has 0 bridgehead atoms. The average Bonchev–Trinajstić information content (AvgIpc) is 2.95. The Kier molecular flexibility index (Phi) is 5.74. The fourth-order valence-electron chi connectivity index (χ4n) is 2.51. The zero-order valence-electron chi connectivity index (χ0n) is 12.0. The van der Waals surface area contributed by atoms with Crippen LogP contribution in [0.25, 0.3) is 0 Å². The van der Waals surface area contributed by atoms with Gasteiger partial charge in [0.15, 0.2) is 5.69 Å². The number of amides is 1. The molecule has 0 saturated carbocycles. The van der Waals surface area contributed by atoms with Crippen LogP contribution in [0.3, 0.4) is 0 Å². The molecule has 1 aliphatic heterocycles. The highest BCUT2D eigenvalue weighted by atomic mass is 16.4. The van der Waals surface area contributed by atoms with Crippen LogP contribution < -0.4 is 10.6 Å². The van der Waals surface area contributed by atoms with Crippen LogP contribution >= 0.6 is 0 Å². The lowest BCUT2D eigenvalue weighted by Gasteiger charge is -2.22. The average molecular weight is 294 g/mol. The van der Waals surface area contributed by atoms with Crippen molar-refractivity contribution in [1.82, 2.24) is 20.2 Å². The largest absolute Gasteiger partial charge is 0.476 e. The second-order valence-electron chi connectivity index (χ2n) is 5.40. The van der Waals surface area contributed by atoms with Crippen LogP contribution in [0.2, 0.25) is 0 Å². The normalized spacial score (nSPS) is 18.4. The first-order valence-electron chi connectivity index (χ1n) is 7.37. The fourth-order valence-corrected chi connectivity index (χ4v) is 2.51. The van der Waals surface area contributed by atoms with E-state index in [1.807, 2.05) is 0 Å². The van der Waals surface area contributed by atoms with E-state index in [0.29, 0.717) is 25.4 Å². The van der Waals surface area contributed by atoms with Crippen molar-refractivity contribution in [2.75, 3.05) is 19.6 Å². The predicted molar refractivity (Wildman–Crippen MR) is 77.0 cm³/mol. The topological polar surface area (TPSA) is 96.3 Å². The highest BCUT2D eigenvalue weighted by Gasteiger charge is 2.14. The minimum atomic E-state index is -1.04. The molecule has 0 aromatic carbocycles. The monoisotopic (exact) mass is 294 g/mol. The van der Waals surface area contributed by atoms with Gasteiger partial charge in [0.25, 0.3) is 0 Å². The number of nitrogens with zero attached hydrogens (tertiary/aromatic N) is 2. The van der Waals surface area contributed by atoms with Crippen LogP contribution in [0.1, 0.15) is 36.2 Å². The van der Waals surface area contributed by atoms with Crippen molar-refractivity contribution in [3.63, 3.8) is 0 Å². The zero-order chi connectivity index (χ0) is 15.1. The Morgan fingerprint density at radius 3 is 3.05 bits per heavy atom. The molecule has 1 amide bonds. The van der Waals surface area contributed by atoms with E-state index in [1.165, 1.54) is 25.4 Å². The molecule has 2 heterocycles. The maximum Gasteiger partial charge on any atom is 0.356 e. The quantitative estimate of drug-likeness (QED) is 0.679. The van der Waals surface area contributed by atoms with Crippen LogP contribution in [0, 0.1) is 5.92 Å². The van der Waals surface area contributed by atoms with Crippen LogP contribution in [-0.2, 0) is 11.3 Å². The van der Waals surface area contributed by atoms with Gasteiger partial charge in [-0.05, 0) is 38.3 Å². The van der Waals surface area contributed by atoms with Gasteiger partial charge in [-0.25, -0.2) is 9.78 Å². The summed E-state index contributed by atoms with van der Waals surface area (Å²) >= 11 is 0. The molecule has 1 aromatic heterocycles. The van der Waals surface area contributed by atoms with Crippen molar-refractivity contribution >= 4 is 11.9 Å².